The number of fused-ring (bicyclic) bond motifs is 1. The van der Waals surface area contributed by atoms with Crippen LogP contribution in [0.3, 0.4) is 0 Å². The maximum absolute atomic E-state index is 13.5. The molecule has 4 rings (SSSR count). The first-order valence-electron chi connectivity index (χ1n) is 8.34. The number of halogens is 1. The van der Waals surface area contributed by atoms with Crippen molar-refractivity contribution in [3.8, 4) is 0 Å². The summed E-state index contributed by atoms with van der Waals surface area (Å²) in [7, 11) is 0. The molecule has 0 saturated heterocycles. The molecule has 0 aliphatic heterocycles. The summed E-state index contributed by atoms with van der Waals surface area (Å²) < 4.78 is 18.8. The van der Waals surface area contributed by atoms with E-state index in [0.29, 0.717) is 36.9 Å². The highest BCUT2D eigenvalue weighted by Crippen LogP contribution is 2.38. The van der Waals surface area contributed by atoms with E-state index in [0.717, 1.165) is 29.3 Å². The van der Waals surface area contributed by atoms with E-state index in [1.165, 1.54) is 12.1 Å². The van der Waals surface area contributed by atoms with Gasteiger partial charge >= 0.3 is 0 Å². The fourth-order valence-corrected chi connectivity index (χ4v) is 3.44. The molecular formula is C18H20FN3O2. The highest BCUT2D eigenvalue weighted by atomic mass is 19.1. The van der Waals surface area contributed by atoms with E-state index < -0.39 is 5.60 Å². The maximum atomic E-state index is 13.5. The van der Waals surface area contributed by atoms with Crippen molar-refractivity contribution in [3.05, 3.63) is 47.5 Å². The molecule has 2 N–H and O–H groups in total. The lowest BCUT2D eigenvalue weighted by molar-refractivity contribution is -0.0384. The third-order valence-electron chi connectivity index (χ3n) is 5.05. The molecule has 5 nitrogen and oxygen atoms in total. The molecule has 2 aromatic heterocycles. The summed E-state index contributed by atoms with van der Waals surface area (Å²) in [5.74, 6) is 1.15. The molecule has 0 atom stereocenters. The van der Waals surface area contributed by atoms with Gasteiger partial charge < -0.3 is 14.6 Å². The molecule has 6 heteroatoms. The SMILES string of the molecule is CC1CCC(O)(c2nc(Cc3c[nH]c4ccc(F)cc34)no2)CC1. The monoisotopic (exact) mass is 329 g/mol. The zero-order valence-electron chi connectivity index (χ0n) is 13.6. The molecule has 1 aliphatic rings. The van der Waals surface area contributed by atoms with Gasteiger partial charge in [-0.25, -0.2) is 4.39 Å². The zero-order chi connectivity index (χ0) is 16.7. The fraction of sp³-hybridized carbons (Fsp3) is 0.444. The highest BCUT2D eigenvalue weighted by Gasteiger charge is 2.38. The summed E-state index contributed by atoms with van der Waals surface area (Å²) in [6.07, 6.45) is 5.46. The van der Waals surface area contributed by atoms with E-state index in [-0.39, 0.29) is 5.82 Å². The highest BCUT2D eigenvalue weighted by molar-refractivity contribution is 5.83. The van der Waals surface area contributed by atoms with Gasteiger partial charge in [-0.15, -0.1) is 0 Å². The number of aromatic nitrogens is 3. The largest absolute Gasteiger partial charge is 0.380 e. The van der Waals surface area contributed by atoms with Crippen LogP contribution in [-0.2, 0) is 12.0 Å². The van der Waals surface area contributed by atoms with Gasteiger partial charge in [0.2, 0.25) is 0 Å². The van der Waals surface area contributed by atoms with Gasteiger partial charge in [0, 0.05) is 23.5 Å². The smallest absolute Gasteiger partial charge is 0.258 e. The maximum Gasteiger partial charge on any atom is 0.258 e. The summed E-state index contributed by atoms with van der Waals surface area (Å²) in [6.45, 7) is 2.19. The third-order valence-corrected chi connectivity index (χ3v) is 5.05. The van der Waals surface area contributed by atoms with Gasteiger partial charge in [-0.2, -0.15) is 4.98 Å². The topological polar surface area (TPSA) is 74.9 Å². The Morgan fingerprint density at radius 3 is 2.96 bits per heavy atom. The predicted octanol–water partition coefficient (Wildman–Crippen LogP) is 3.68. The van der Waals surface area contributed by atoms with Crippen LogP contribution in [0.1, 0.15) is 49.9 Å². The quantitative estimate of drug-likeness (QED) is 0.768. The Bertz CT molecular complexity index is 862. The molecule has 0 amide bonds. The van der Waals surface area contributed by atoms with E-state index in [2.05, 4.69) is 22.0 Å². The summed E-state index contributed by atoms with van der Waals surface area (Å²) >= 11 is 0. The lowest BCUT2D eigenvalue weighted by Gasteiger charge is -2.31. The van der Waals surface area contributed by atoms with Crippen LogP contribution in [0.15, 0.2) is 28.9 Å². The van der Waals surface area contributed by atoms with Gasteiger partial charge in [0.1, 0.15) is 11.4 Å². The number of aromatic amines is 1. The van der Waals surface area contributed by atoms with Gasteiger partial charge in [0.25, 0.3) is 5.89 Å². The molecule has 1 aromatic carbocycles. The van der Waals surface area contributed by atoms with Crippen LogP contribution in [0, 0.1) is 11.7 Å². The van der Waals surface area contributed by atoms with Crippen LogP contribution in [0.25, 0.3) is 10.9 Å². The minimum Gasteiger partial charge on any atom is -0.380 e. The molecule has 3 aromatic rings. The Hall–Kier alpha value is -2.21. The second-order valence-corrected chi connectivity index (χ2v) is 6.91. The Morgan fingerprint density at radius 2 is 2.17 bits per heavy atom. The predicted molar refractivity (Wildman–Crippen MR) is 86.9 cm³/mol. The number of aliphatic hydroxyl groups is 1. The van der Waals surface area contributed by atoms with Crippen molar-refractivity contribution in [2.45, 2.75) is 44.6 Å². The van der Waals surface area contributed by atoms with Crippen molar-refractivity contribution >= 4 is 10.9 Å². The molecule has 126 valence electrons. The molecule has 2 heterocycles. The average Bonchev–Trinajstić information content (AvgIpc) is 3.19. The number of nitrogens with one attached hydrogen (secondary N) is 1. The first-order chi connectivity index (χ1) is 11.5. The second-order valence-electron chi connectivity index (χ2n) is 6.91. The van der Waals surface area contributed by atoms with E-state index in [1.807, 2.05) is 6.20 Å². The van der Waals surface area contributed by atoms with Crippen molar-refractivity contribution in [2.75, 3.05) is 0 Å². The van der Waals surface area contributed by atoms with Gasteiger partial charge in [0.15, 0.2) is 5.82 Å². The third kappa shape index (κ3) is 2.71. The Kier molecular flexibility index (Phi) is 3.64. The molecule has 0 radical (unpaired) electrons. The van der Waals surface area contributed by atoms with Gasteiger partial charge in [0.05, 0.1) is 0 Å². The summed E-state index contributed by atoms with van der Waals surface area (Å²) in [5, 5.41) is 15.6. The van der Waals surface area contributed by atoms with Crippen molar-refractivity contribution < 1.29 is 14.0 Å². The molecule has 0 unspecified atom stereocenters. The summed E-state index contributed by atoms with van der Waals surface area (Å²) in [4.78, 5) is 7.52. The molecule has 24 heavy (non-hydrogen) atoms. The van der Waals surface area contributed by atoms with Crippen molar-refractivity contribution in [1.29, 1.82) is 0 Å². The van der Waals surface area contributed by atoms with Crippen LogP contribution in [0.4, 0.5) is 4.39 Å². The molecule has 1 fully saturated rings. The van der Waals surface area contributed by atoms with Crippen LogP contribution in [-0.4, -0.2) is 20.2 Å². The molecular weight excluding hydrogens is 309 g/mol. The van der Waals surface area contributed by atoms with Crippen molar-refractivity contribution in [2.24, 2.45) is 5.92 Å². The lowest BCUT2D eigenvalue weighted by Crippen LogP contribution is -2.31. The van der Waals surface area contributed by atoms with Crippen LogP contribution in [0.2, 0.25) is 0 Å². The van der Waals surface area contributed by atoms with E-state index in [1.54, 1.807) is 6.07 Å². The Labute approximate surface area is 138 Å². The van der Waals surface area contributed by atoms with Crippen LogP contribution in [0.5, 0.6) is 0 Å². The number of hydrogen-bond donors (Lipinski definition) is 2. The minimum atomic E-state index is -1.01. The Balaban J connectivity index is 1.58. The van der Waals surface area contributed by atoms with Gasteiger partial charge in [-0.1, -0.05) is 12.1 Å². The second kappa shape index (κ2) is 5.70. The standard InChI is InChI=1S/C18H20FN3O2/c1-11-4-6-18(23,7-5-11)17-21-16(22-24-17)8-12-10-20-15-3-2-13(19)9-14(12)15/h2-3,9-11,20,23H,4-8H2,1H3. The van der Waals surface area contributed by atoms with E-state index in [4.69, 9.17) is 4.52 Å². The van der Waals surface area contributed by atoms with Gasteiger partial charge in [-0.3, -0.25) is 0 Å². The first kappa shape index (κ1) is 15.3. The van der Waals surface area contributed by atoms with Crippen LogP contribution < -0.4 is 0 Å². The van der Waals surface area contributed by atoms with Gasteiger partial charge in [-0.05, 0) is 55.4 Å². The molecule has 1 aliphatic carbocycles. The number of benzene rings is 1. The van der Waals surface area contributed by atoms with E-state index >= 15 is 0 Å². The average molecular weight is 329 g/mol. The zero-order valence-corrected chi connectivity index (χ0v) is 13.6. The van der Waals surface area contributed by atoms with E-state index in [9.17, 15) is 9.50 Å². The summed E-state index contributed by atoms with van der Waals surface area (Å²) in [6, 6.07) is 4.63. The first-order valence-corrected chi connectivity index (χ1v) is 8.34. The Morgan fingerprint density at radius 1 is 1.38 bits per heavy atom. The number of rotatable bonds is 3. The minimum absolute atomic E-state index is 0.275. The fourth-order valence-electron chi connectivity index (χ4n) is 3.44. The van der Waals surface area contributed by atoms with Crippen molar-refractivity contribution in [1.82, 2.24) is 15.1 Å². The number of H-pyrrole nitrogens is 1. The van der Waals surface area contributed by atoms with Crippen molar-refractivity contribution in [3.63, 3.8) is 0 Å². The molecule has 0 bridgehead atoms. The number of nitrogens with zero attached hydrogens (tertiary/aromatic N) is 2. The van der Waals surface area contributed by atoms with Crippen LogP contribution >= 0.6 is 0 Å². The normalized spacial score (nSPS) is 24.5. The molecule has 1 saturated carbocycles. The lowest BCUT2D eigenvalue weighted by atomic mass is 9.79. The molecule has 0 spiro atoms. The number of hydrogen-bond acceptors (Lipinski definition) is 4. The summed E-state index contributed by atoms with van der Waals surface area (Å²) in [5.41, 5.74) is 0.764.